The van der Waals surface area contributed by atoms with Gasteiger partial charge in [-0.3, -0.25) is 29.0 Å². The molecular weight excluding hydrogens is 765 g/mol. The largest absolute Gasteiger partial charge is 0.453 e. The van der Waals surface area contributed by atoms with Gasteiger partial charge in [0, 0.05) is 37.3 Å². The molecule has 1 aliphatic carbocycles. The third-order valence-electron chi connectivity index (χ3n) is 12.1. The van der Waals surface area contributed by atoms with Crippen molar-refractivity contribution >= 4 is 65.0 Å². The van der Waals surface area contributed by atoms with Crippen molar-refractivity contribution in [2.75, 3.05) is 42.8 Å². The van der Waals surface area contributed by atoms with Crippen LogP contribution >= 0.6 is 0 Å². The SMILES string of the molecule is COC(=O)N1c2ccccc2C[C@H]1C(=O)N1CCC[C@H]1C(=O)Nc1ccc(/C=C/c2ccc(NC(=O)[C@@H]3CCCN3C(=O)[C@@H]3CC4=CC=CCC4N3C(=O)OC)cc2)cc1. The molecule has 0 aromatic heterocycles. The Kier molecular flexibility index (Phi) is 11.5. The van der Waals surface area contributed by atoms with E-state index < -0.39 is 36.4 Å². The molecule has 60 heavy (non-hydrogen) atoms. The highest BCUT2D eigenvalue weighted by atomic mass is 16.5. The highest BCUT2D eigenvalue weighted by molar-refractivity contribution is 6.03. The van der Waals surface area contributed by atoms with Crippen molar-refractivity contribution < 1.29 is 38.2 Å². The van der Waals surface area contributed by atoms with E-state index in [1.165, 1.54) is 24.0 Å². The number of nitrogens with zero attached hydrogens (tertiary/aromatic N) is 4. The topological polar surface area (TPSA) is 158 Å². The third-order valence-corrected chi connectivity index (χ3v) is 12.1. The number of allylic oxidation sites excluding steroid dienone is 2. The van der Waals surface area contributed by atoms with Gasteiger partial charge >= 0.3 is 12.2 Å². The second-order valence-corrected chi connectivity index (χ2v) is 15.6. The number of carbonyl (C=O) groups is 6. The maximum atomic E-state index is 13.9. The number of anilines is 3. The smallest absolute Gasteiger partial charge is 0.414 e. The van der Waals surface area contributed by atoms with Crippen molar-refractivity contribution in [3.05, 3.63) is 113 Å². The molecule has 310 valence electrons. The van der Waals surface area contributed by atoms with Gasteiger partial charge in [-0.05, 0) is 84.7 Å². The lowest BCUT2D eigenvalue weighted by molar-refractivity contribution is -0.140. The first-order valence-corrected chi connectivity index (χ1v) is 20.4. The van der Waals surface area contributed by atoms with E-state index in [1.807, 2.05) is 97.1 Å². The molecule has 14 heteroatoms. The van der Waals surface area contributed by atoms with E-state index in [0.717, 1.165) is 22.3 Å². The minimum atomic E-state index is -0.782. The van der Waals surface area contributed by atoms with Gasteiger partial charge in [-0.25, -0.2) is 9.59 Å². The van der Waals surface area contributed by atoms with Crippen LogP contribution in [0.4, 0.5) is 26.7 Å². The van der Waals surface area contributed by atoms with Crippen molar-refractivity contribution in [1.29, 1.82) is 0 Å². The van der Waals surface area contributed by atoms with E-state index in [1.54, 1.807) is 15.9 Å². The lowest BCUT2D eigenvalue weighted by atomic mass is 9.99. The Morgan fingerprint density at radius 2 is 1.20 bits per heavy atom. The van der Waals surface area contributed by atoms with E-state index in [2.05, 4.69) is 10.6 Å². The molecule has 3 saturated heterocycles. The van der Waals surface area contributed by atoms with Gasteiger partial charge in [-0.1, -0.05) is 72.8 Å². The number of amides is 6. The summed E-state index contributed by atoms with van der Waals surface area (Å²) in [5.41, 5.74) is 5.54. The Bertz CT molecular complexity index is 2270. The zero-order chi connectivity index (χ0) is 41.9. The van der Waals surface area contributed by atoms with Crippen LogP contribution in [0.2, 0.25) is 0 Å². The molecule has 0 spiro atoms. The van der Waals surface area contributed by atoms with E-state index in [0.29, 0.717) is 75.1 Å². The van der Waals surface area contributed by atoms with Crippen molar-refractivity contribution in [2.24, 2.45) is 0 Å². The molecule has 2 N–H and O–H groups in total. The van der Waals surface area contributed by atoms with E-state index in [-0.39, 0.29) is 29.7 Å². The molecule has 1 unspecified atom stereocenters. The molecule has 3 aromatic carbocycles. The highest BCUT2D eigenvalue weighted by Crippen LogP contribution is 2.37. The van der Waals surface area contributed by atoms with Crippen LogP contribution in [-0.2, 0) is 35.1 Å². The first-order valence-electron chi connectivity index (χ1n) is 20.4. The fourth-order valence-corrected chi connectivity index (χ4v) is 9.16. The quantitative estimate of drug-likeness (QED) is 0.262. The summed E-state index contributed by atoms with van der Waals surface area (Å²) in [5.74, 6) is -1.07. The number of ether oxygens (including phenoxy) is 2. The van der Waals surface area contributed by atoms with Gasteiger partial charge in [-0.2, -0.15) is 0 Å². The normalized spacial score (nSPS) is 23.0. The molecule has 5 atom stereocenters. The zero-order valence-corrected chi connectivity index (χ0v) is 33.6. The fourth-order valence-electron chi connectivity index (χ4n) is 9.16. The van der Waals surface area contributed by atoms with Gasteiger partial charge in [0.05, 0.1) is 25.9 Å². The van der Waals surface area contributed by atoms with Gasteiger partial charge in [0.25, 0.3) is 0 Å². The molecule has 3 aromatic rings. The monoisotopic (exact) mass is 812 g/mol. The number of hydrogen-bond acceptors (Lipinski definition) is 8. The van der Waals surface area contributed by atoms with E-state index >= 15 is 0 Å². The Morgan fingerprint density at radius 3 is 1.77 bits per heavy atom. The van der Waals surface area contributed by atoms with Crippen LogP contribution in [0, 0.1) is 0 Å². The lowest BCUT2D eigenvalue weighted by Crippen LogP contribution is -2.53. The minimum absolute atomic E-state index is 0.217. The van der Waals surface area contributed by atoms with Gasteiger partial charge in [0.15, 0.2) is 0 Å². The number of hydrogen-bond donors (Lipinski definition) is 2. The average molecular weight is 813 g/mol. The molecule has 0 bridgehead atoms. The molecule has 8 rings (SSSR count). The Labute approximate surface area is 348 Å². The van der Waals surface area contributed by atoms with E-state index in [9.17, 15) is 28.8 Å². The van der Waals surface area contributed by atoms with Crippen LogP contribution in [0.15, 0.2) is 96.6 Å². The average Bonchev–Trinajstić information content (AvgIpc) is 4.10. The summed E-state index contributed by atoms with van der Waals surface area (Å²) in [6.45, 7) is 0.864. The number of nitrogens with one attached hydrogen (secondary N) is 2. The molecule has 14 nitrogen and oxygen atoms in total. The standard InChI is InChI=1S/C46H48N6O8/c1-59-45(57)51-35-11-5-3-9-31(35)27-39(51)43(55)49-25-7-13-37(49)41(53)47-33-21-17-29(18-22-33)15-16-30-19-23-34(24-20-30)48-42(54)38-14-8-26-50(38)44(56)40-28-32-10-4-6-12-36(32)52(40)46(58)60-2/h3-6,9-11,15-24,36-40H,7-8,12-14,25-28H2,1-2H3,(H,47,53)(H,48,54)/b16-15+/t36?,37-,38-,39-,40-/m0/s1. The maximum absolute atomic E-state index is 13.9. The second-order valence-electron chi connectivity index (χ2n) is 15.6. The Hall–Kier alpha value is -6.70. The molecule has 4 aliphatic heterocycles. The van der Waals surface area contributed by atoms with Gasteiger partial charge in [0.2, 0.25) is 23.6 Å². The molecule has 3 fully saturated rings. The summed E-state index contributed by atoms with van der Waals surface area (Å²) in [7, 11) is 2.60. The first-order chi connectivity index (χ1) is 29.1. The number of carbonyl (C=O) groups excluding carboxylic acids is 6. The van der Waals surface area contributed by atoms with Gasteiger partial charge in [0.1, 0.15) is 24.2 Å². The Balaban J connectivity index is 0.842. The second kappa shape index (κ2) is 17.3. The number of methoxy groups -OCH3 is 2. The van der Waals surface area contributed by atoms with Crippen molar-refractivity contribution in [1.82, 2.24) is 14.7 Å². The number of rotatable bonds is 8. The summed E-state index contributed by atoms with van der Waals surface area (Å²) in [6.07, 6.45) is 12.4. The third kappa shape index (κ3) is 7.88. The summed E-state index contributed by atoms with van der Waals surface area (Å²) in [4.78, 5) is 86.4. The van der Waals surface area contributed by atoms with Crippen LogP contribution in [0.25, 0.3) is 12.2 Å². The van der Waals surface area contributed by atoms with Crippen LogP contribution in [0.3, 0.4) is 0 Å². The summed E-state index contributed by atoms with van der Waals surface area (Å²) < 4.78 is 10.1. The molecule has 4 heterocycles. The van der Waals surface area contributed by atoms with Crippen LogP contribution in [0.1, 0.15) is 55.2 Å². The number of likely N-dealkylation sites (tertiary alicyclic amines) is 3. The molecule has 6 amide bonds. The predicted molar refractivity (Wildman–Crippen MR) is 226 cm³/mol. The van der Waals surface area contributed by atoms with Crippen LogP contribution in [0.5, 0.6) is 0 Å². The molecule has 0 radical (unpaired) electrons. The zero-order valence-electron chi connectivity index (χ0n) is 33.6. The lowest BCUT2D eigenvalue weighted by Gasteiger charge is -2.32. The number of fused-ring (bicyclic) bond motifs is 2. The summed E-state index contributed by atoms with van der Waals surface area (Å²) >= 11 is 0. The maximum Gasteiger partial charge on any atom is 0.414 e. The Morgan fingerprint density at radius 1 is 0.650 bits per heavy atom. The van der Waals surface area contributed by atoms with Gasteiger partial charge in [-0.15, -0.1) is 0 Å². The van der Waals surface area contributed by atoms with Crippen LogP contribution < -0.4 is 15.5 Å². The molecular formula is C46H48N6O8. The summed E-state index contributed by atoms with van der Waals surface area (Å²) in [5, 5.41) is 5.94. The van der Waals surface area contributed by atoms with Gasteiger partial charge < -0.3 is 29.9 Å². The van der Waals surface area contributed by atoms with Crippen LogP contribution in [-0.4, -0.2) is 108 Å². The highest BCUT2D eigenvalue weighted by Gasteiger charge is 2.48. The first kappa shape index (κ1) is 40.1. The fraction of sp³-hybridized carbons (Fsp3) is 0.348. The van der Waals surface area contributed by atoms with Crippen molar-refractivity contribution in [2.45, 2.75) is 75.2 Å². The number of benzene rings is 3. The van der Waals surface area contributed by atoms with E-state index in [4.69, 9.17) is 9.47 Å². The van der Waals surface area contributed by atoms with Crippen molar-refractivity contribution in [3.8, 4) is 0 Å². The number of para-hydroxylation sites is 1. The van der Waals surface area contributed by atoms with Crippen molar-refractivity contribution in [3.63, 3.8) is 0 Å². The summed E-state index contributed by atoms with van der Waals surface area (Å²) in [6, 6.07) is 19.1. The minimum Gasteiger partial charge on any atom is -0.453 e. The predicted octanol–water partition coefficient (Wildman–Crippen LogP) is 6.01. The molecule has 0 saturated carbocycles. The molecule has 5 aliphatic rings.